The van der Waals surface area contributed by atoms with Crippen molar-refractivity contribution >= 4 is 5.91 Å². The van der Waals surface area contributed by atoms with Crippen molar-refractivity contribution in [1.29, 1.82) is 0 Å². The number of carbonyl (C=O) groups is 1. The topological polar surface area (TPSA) is 307 Å². The summed E-state index contributed by atoms with van der Waals surface area (Å²) in [6, 6.07) is -1.03. The van der Waals surface area contributed by atoms with Gasteiger partial charge in [0.05, 0.1) is 38.6 Å². The Labute approximate surface area is 594 Å². The van der Waals surface area contributed by atoms with Crippen LogP contribution in [-0.2, 0) is 33.2 Å². The van der Waals surface area contributed by atoms with Gasteiger partial charge in [-0.05, 0) is 96.3 Å². The summed E-state index contributed by atoms with van der Waals surface area (Å²) in [5.74, 6) is -0.347. The highest BCUT2D eigenvalue weighted by atomic mass is 16.8. The molecule has 17 atom stereocenters. The standard InChI is InChI=1S/C80H133NO18/c1-3-5-7-9-11-13-15-17-19-21-23-25-27-29-30-31-32-34-36-38-40-42-44-46-48-50-52-54-56-58-68(86)81-63(64(85)57-55-53-51-49-47-45-43-41-39-37-35-33-28-26-24-22-20-18-16-14-12-10-8-6-4-2)62-94-78-74(92)71(89)76(66(60-83)96-78)99-80-75(93)72(90)77(67(61-84)97-80)98-79-73(91)70(88)69(87)65(59-82)95-79/h5,7,11,13,17,19,23,25,29-30,32,34,38,40,44,46-47,49-50,52,55,57,63-67,69-80,82-85,87-93H,3-4,6,8-10,12,14-16,18,20-22,24,26-28,31,33,35-37,39,41-43,45,48,51,53-54,56,58-62H2,1-2H3,(H,81,86)/b7-5-,13-11-,19-17-,25-23-,30-29-,34-32-,40-38-,46-44-,49-47+,52-50-,57-55+. The Bertz CT molecular complexity index is 2310. The Morgan fingerprint density at radius 3 is 1.13 bits per heavy atom. The Balaban J connectivity index is 1.45. The fraction of sp³-hybridized carbons (Fsp3) is 0.713. The minimum absolute atomic E-state index is 0.146. The van der Waals surface area contributed by atoms with E-state index in [1.165, 1.54) is 116 Å². The monoisotopic (exact) mass is 1400 g/mol. The average Bonchev–Trinajstić information content (AvgIpc) is 0.785. The molecule has 12 N–H and O–H groups in total. The first-order valence-electron chi connectivity index (χ1n) is 37.9. The molecule has 3 saturated heterocycles. The number of aliphatic hydroxyl groups excluding tert-OH is 11. The number of ether oxygens (including phenoxy) is 6. The number of allylic oxidation sites excluding steroid dienone is 21. The SMILES string of the molecule is CC/C=C\C/C=C\C/C=C\C/C=C\C/C=C\C/C=C\C/C=C\C/C=C\C/C=C\CCCC(=O)NC(COC1OC(CO)C(OC2OC(CO)C(OC3OC(CO)C(O)C(O)C3O)C(O)C2O)C(O)C1O)C(O)/C=C/CC/C=C/CCCCCCCCCCCCCCCCCCCCC. The van der Waals surface area contributed by atoms with Gasteiger partial charge >= 0.3 is 0 Å². The molecule has 0 aromatic carbocycles. The molecule has 0 saturated carbocycles. The van der Waals surface area contributed by atoms with Crippen LogP contribution in [0.15, 0.2) is 134 Å². The molecular formula is C80H133NO18. The molecule has 19 heteroatoms. The van der Waals surface area contributed by atoms with Gasteiger partial charge in [-0.15, -0.1) is 0 Å². The number of rotatable bonds is 57. The molecule has 0 spiro atoms. The van der Waals surface area contributed by atoms with Crippen LogP contribution in [0.1, 0.15) is 232 Å². The van der Waals surface area contributed by atoms with Gasteiger partial charge in [0, 0.05) is 6.42 Å². The van der Waals surface area contributed by atoms with Crippen LogP contribution in [0.2, 0.25) is 0 Å². The van der Waals surface area contributed by atoms with Crippen molar-refractivity contribution < 1.29 is 89.4 Å². The molecular weight excluding hydrogens is 1260 g/mol. The highest BCUT2D eigenvalue weighted by Gasteiger charge is 2.53. The second kappa shape index (κ2) is 59.3. The maximum absolute atomic E-state index is 13.4. The van der Waals surface area contributed by atoms with Crippen molar-refractivity contribution in [3.63, 3.8) is 0 Å². The molecule has 3 fully saturated rings. The van der Waals surface area contributed by atoms with E-state index in [0.29, 0.717) is 19.3 Å². The summed E-state index contributed by atoms with van der Waals surface area (Å²) in [5, 5.41) is 121. The molecule has 3 aliphatic heterocycles. The Kier molecular flexibility index (Phi) is 53.4. The predicted octanol–water partition coefficient (Wildman–Crippen LogP) is 11.7. The number of amides is 1. The van der Waals surface area contributed by atoms with E-state index in [1.807, 2.05) is 12.2 Å². The normalized spacial score (nSPS) is 27.4. The van der Waals surface area contributed by atoms with E-state index >= 15 is 0 Å². The first-order valence-corrected chi connectivity index (χ1v) is 37.9. The van der Waals surface area contributed by atoms with Gasteiger partial charge in [0.1, 0.15) is 73.2 Å². The minimum atomic E-state index is -1.99. The van der Waals surface area contributed by atoms with Gasteiger partial charge in [-0.25, -0.2) is 0 Å². The predicted molar refractivity (Wildman–Crippen MR) is 392 cm³/mol. The molecule has 99 heavy (non-hydrogen) atoms. The molecule has 0 bridgehead atoms. The number of aliphatic hydroxyl groups is 11. The average molecular weight is 1400 g/mol. The van der Waals surface area contributed by atoms with Gasteiger partial charge in [0.25, 0.3) is 0 Å². The van der Waals surface area contributed by atoms with Crippen LogP contribution in [0.5, 0.6) is 0 Å². The van der Waals surface area contributed by atoms with E-state index in [-0.39, 0.29) is 12.3 Å². The number of hydrogen-bond acceptors (Lipinski definition) is 18. The lowest BCUT2D eigenvalue weighted by atomic mass is 9.96. The number of unbranched alkanes of at least 4 members (excludes halogenated alkanes) is 21. The van der Waals surface area contributed by atoms with Crippen LogP contribution in [-0.4, -0.2) is 193 Å². The summed E-state index contributed by atoms with van der Waals surface area (Å²) in [6.07, 6.45) is 57.2. The maximum Gasteiger partial charge on any atom is 0.220 e. The van der Waals surface area contributed by atoms with Crippen LogP contribution in [0.25, 0.3) is 0 Å². The molecule has 0 radical (unpaired) electrons. The molecule has 3 rings (SSSR count). The van der Waals surface area contributed by atoms with E-state index in [0.717, 1.165) is 77.0 Å². The van der Waals surface area contributed by atoms with Gasteiger partial charge in [0.2, 0.25) is 5.91 Å². The second-order valence-electron chi connectivity index (χ2n) is 26.4. The van der Waals surface area contributed by atoms with Gasteiger partial charge in [-0.3, -0.25) is 4.79 Å². The highest BCUT2D eigenvalue weighted by Crippen LogP contribution is 2.33. The lowest BCUT2D eigenvalue weighted by Crippen LogP contribution is -2.66. The first kappa shape index (κ1) is 89.1. The molecule has 0 aliphatic carbocycles. The molecule has 566 valence electrons. The van der Waals surface area contributed by atoms with E-state index in [4.69, 9.17) is 28.4 Å². The molecule has 3 aliphatic rings. The van der Waals surface area contributed by atoms with Gasteiger partial charge in [-0.2, -0.15) is 0 Å². The summed E-state index contributed by atoms with van der Waals surface area (Å²) in [5.41, 5.74) is 0. The van der Waals surface area contributed by atoms with E-state index in [2.05, 4.69) is 135 Å². The fourth-order valence-corrected chi connectivity index (χ4v) is 11.9. The van der Waals surface area contributed by atoms with E-state index in [1.54, 1.807) is 6.08 Å². The molecule has 0 aromatic heterocycles. The van der Waals surface area contributed by atoms with Crippen molar-refractivity contribution in [2.24, 2.45) is 0 Å². The molecule has 19 nitrogen and oxygen atoms in total. The lowest BCUT2D eigenvalue weighted by molar-refractivity contribution is -0.379. The summed E-state index contributed by atoms with van der Waals surface area (Å²) in [4.78, 5) is 13.4. The van der Waals surface area contributed by atoms with Crippen molar-refractivity contribution in [2.45, 2.75) is 336 Å². The second-order valence-corrected chi connectivity index (χ2v) is 26.4. The Morgan fingerprint density at radius 2 is 0.707 bits per heavy atom. The van der Waals surface area contributed by atoms with Crippen LogP contribution in [0.4, 0.5) is 0 Å². The largest absolute Gasteiger partial charge is 0.394 e. The number of hydrogen-bond donors (Lipinski definition) is 12. The summed E-state index contributed by atoms with van der Waals surface area (Å²) in [6.45, 7) is 1.56. The summed E-state index contributed by atoms with van der Waals surface area (Å²) >= 11 is 0. The Morgan fingerprint density at radius 1 is 0.374 bits per heavy atom. The van der Waals surface area contributed by atoms with Crippen LogP contribution in [0.3, 0.4) is 0 Å². The summed E-state index contributed by atoms with van der Waals surface area (Å²) in [7, 11) is 0. The third-order valence-electron chi connectivity index (χ3n) is 17.9. The summed E-state index contributed by atoms with van der Waals surface area (Å²) < 4.78 is 34.3. The molecule has 3 heterocycles. The van der Waals surface area contributed by atoms with Gasteiger partial charge in [0.15, 0.2) is 18.9 Å². The zero-order valence-corrected chi connectivity index (χ0v) is 60.2. The van der Waals surface area contributed by atoms with Crippen molar-refractivity contribution in [1.82, 2.24) is 5.32 Å². The minimum Gasteiger partial charge on any atom is -0.394 e. The Hall–Kier alpha value is -4.07. The first-order chi connectivity index (χ1) is 48.3. The molecule has 1 amide bonds. The van der Waals surface area contributed by atoms with E-state index < -0.39 is 131 Å². The van der Waals surface area contributed by atoms with Crippen molar-refractivity contribution in [3.8, 4) is 0 Å². The van der Waals surface area contributed by atoms with Crippen LogP contribution < -0.4 is 5.32 Å². The van der Waals surface area contributed by atoms with Crippen molar-refractivity contribution in [3.05, 3.63) is 134 Å². The smallest absolute Gasteiger partial charge is 0.220 e. The molecule has 0 aromatic rings. The maximum atomic E-state index is 13.4. The third kappa shape index (κ3) is 40.0. The van der Waals surface area contributed by atoms with Crippen LogP contribution in [0, 0.1) is 0 Å². The highest BCUT2D eigenvalue weighted by molar-refractivity contribution is 5.76. The van der Waals surface area contributed by atoms with Gasteiger partial charge in [-0.1, -0.05) is 263 Å². The van der Waals surface area contributed by atoms with Crippen molar-refractivity contribution in [2.75, 3.05) is 26.4 Å². The number of nitrogens with one attached hydrogen (secondary N) is 1. The van der Waals surface area contributed by atoms with Gasteiger partial charge < -0.3 is 89.9 Å². The zero-order valence-electron chi connectivity index (χ0n) is 60.2. The quantitative estimate of drug-likeness (QED) is 0.0199. The number of carbonyl (C=O) groups excluding carboxylic acids is 1. The van der Waals surface area contributed by atoms with Crippen LogP contribution >= 0.6 is 0 Å². The third-order valence-corrected chi connectivity index (χ3v) is 17.9. The lowest BCUT2D eigenvalue weighted by Gasteiger charge is -2.48. The van der Waals surface area contributed by atoms with E-state index in [9.17, 15) is 61.0 Å². The fourth-order valence-electron chi connectivity index (χ4n) is 11.9. The molecule has 17 unspecified atom stereocenters. The zero-order chi connectivity index (χ0) is 71.8.